The van der Waals surface area contributed by atoms with E-state index < -0.39 is 0 Å². The van der Waals surface area contributed by atoms with Crippen molar-refractivity contribution in [3.63, 3.8) is 0 Å². The van der Waals surface area contributed by atoms with Crippen LogP contribution >= 0.6 is 11.6 Å². The van der Waals surface area contributed by atoms with Crippen molar-refractivity contribution < 1.29 is 10.1 Å². The molecule has 134 valence electrons. The van der Waals surface area contributed by atoms with E-state index in [2.05, 4.69) is 15.3 Å². The average molecular weight is 377 g/mol. The molecule has 3 N–H and O–H groups in total. The Kier molecular flexibility index (Phi) is 4.65. The maximum Gasteiger partial charge on any atom is 0.273 e. The normalized spacial score (nSPS) is 12.1. The first-order chi connectivity index (χ1) is 13.1. The number of aromatic hydroxyl groups is 1. The van der Waals surface area contributed by atoms with Gasteiger partial charge in [-0.1, -0.05) is 41.9 Å². The molecule has 0 aliphatic carbocycles. The smallest absolute Gasteiger partial charge is 0.273 e. The maximum absolute atomic E-state index is 10.9. The van der Waals surface area contributed by atoms with Crippen molar-refractivity contribution in [1.82, 2.24) is 4.98 Å². The summed E-state index contributed by atoms with van der Waals surface area (Å²) in [7, 11) is 0. The first kappa shape index (κ1) is 17.3. The first-order valence-electron chi connectivity index (χ1n) is 8.69. The van der Waals surface area contributed by atoms with E-state index in [1.807, 2.05) is 73.7 Å². The van der Waals surface area contributed by atoms with Crippen LogP contribution in [0.1, 0.15) is 22.9 Å². The molecule has 0 spiro atoms. The number of pyridine rings is 2. The number of aryl methyl sites for hydroxylation is 1. The van der Waals surface area contributed by atoms with Gasteiger partial charge in [0.25, 0.3) is 5.82 Å². The fourth-order valence-electron chi connectivity index (χ4n) is 3.20. The molecular formula is C22H19ClN3O+. The standard InChI is InChI=1S/C22H18ClN3O/c1-14-4-2-6-19(25-14)26-20(16-7-10-17(23)11-8-16)18-12-9-15-5-3-13-24-21(15)22(18)27/h2-13,20,27H,1H3,(H,25,26)/p+1/t20-/m1/s1. The van der Waals surface area contributed by atoms with E-state index in [9.17, 15) is 5.11 Å². The van der Waals surface area contributed by atoms with Crippen LogP contribution in [0.2, 0.25) is 5.02 Å². The summed E-state index contributed by atoms with van der Waals surface area (Å²) in [6, 6.07) is 21.0. The minimum atomic E-state index is -0.272. The van der Waals surface area contributed by atoms with Crippen LogP contribution < -0.4 is 10.3 Å². The Morgan fingerprint density at radius 1 is 1.00 bits per heavy atom. The fraction of sp³-hybridized carbons (Fsp3) is 0.0909. The minimum absolute atomic E-state index is 0.174. The van der Waals surface area contributed by atoms with Crippen molar-refractivity contribution in [2.45, 2.75) is 13.0 Å². The molecule has 0 saturated carbocycles. The van der Waals surface area contributed by atoms with E-state index in [0.29, 0.717) is 10.5 Å². The molecule has 5 heteroatoms. The van der Waals surface area contributed by atoms with Crippen LogP contribution in [0.3, 0.4) is 0 Å². The zero-order valence-electron chi connectivity index (χ0n) is 14.8. The van der Waals surface area contributed by atoms with Crippen molar-refractivity contribution in [3.05, 3.63) is 94.8 Å². The summed E-state index contributed by atoms with van der Waals surface area (Å²) in [5.41, 5.74) is 3.36. The zero-order chi connectivity index (χ0) is 18.8. The molecule has 27 heavy (non-hydrogen) atoms. The first-order valence-corrected chi connectivity index (χ1v) is 9.07. The van der Waals surface area contributed by atoms with Gasteiger partial charge in [-0.3, -0.25) is 10.3 Å². The van der Waals surface area contributed by atoms with E-state index in [1.54, 1.807) is 6.20 Å². The lowest BCUT2D eigenvalue weighted by Crippen LogP contribution is -2.20. The second-order valence-electron chi connectivity index (χ2n) is 6.45. The second-order valence-corrected chi connectivity index (χ2v) is 6.89. The predicted molar refractivity (Wildman–Crippen MR) is 108 cm³/mol. The van der Waals surface area contributed by atoms with Crippen LogP contribution in [0.25, 0.3) is 10.9 Å². The summed E-state index contributed by atoms with van der Waals surface area (Å²) >= 11 is 6.07. The van der Waals surface area contributed by atoms with Crippen molar-refractivity contribution >= 4 is 28.3 Å². The Hall–Kier alpha value is -3.11. The molecule has 2 aromatic heterocycles. The third-order valence-corrected chi connectivity index (χ3v) is 4.79. The summed E-state index contributed by atoms with van der Waals surface area (Å²) < 4.78 is 0. The molecule has 0 unspecified atom stereocenters. The second kappa shape index (κ2) is 7.25. The van der Waals surface area contributed by atoms with Gasteiger partial charge in [0.1, 0.15) is 17.3 Å². The third-order valence-electron chi connectivity index (χ3n) is 4.53. The van der Waals surface area contributed by atoms with E-state index >= 15 is 0 Å². The SMILES string of the molecule is Cc1cccc(N[C@H](c2ccc(Cl)cc2)c2ccc3cccnc3c2O)[nH+]1. The molecule has 4 aromatic rings. The largest absolute Gasteiger partial charge is 0.505 e. The van der Waals surface area contributed by atoms with Crippen molar-refractivity contribution in [2.24, 2.45) is 0 Å². The van der Waals surface area contributed by atoms with Gasteiger partial charge < -0.3 is 5.11 Å². The van der Waals surface area contributed by atoms with E-state index in [4.69, 9.17) is 11.6 Å². The topological polar surface area (TPSA) is 59.3 Å². The molecule has 0 amide bonds. The van der Waals surface area contributed by atoms with Gasteiger partial charge in [0.05, 0.1) is 5.69 Å². The number of fused-ring (bicyclic) bond motifs is 1. The van der Waals surface area contributed by atoms with Crippen molar-refractivity contribution in [3.8, 4) is 5.75 Å². The number of aromatic nitrogens is 2. The van der Waals surface area contributed by atoms with E-state index in [1.165, 1.54) is 0 Å². The maximum atomic E-state index is 10.9. The summed E-state index contributed by atoms with van der Waals surface area (Å²) in [6.45, 7) is 2.00. The van der Waals surface area contributed by atoms with Crippen LogP contribution in [0.5, 0.6) is 5.75 Å². The minimum Gasteiger partial charge on any atom is -0.505 e. The van der Waals surface area contributed by atoms with Crippen LogP contribution in [-0.2, 0) is 0 Å². The molecule has 0 fully saturated rings. The number of anilines is 1. The highest BCUT2D eigenvalue weighted by molar-refractivity contribution is 6.30. The number of benzene rings is 2. The number of phenolic OH excluding ortho intramolecular Hbond substituents is 1. The van der Waals surface area contributed by atoms with Crippen molar-refractivity contribution in [2.75, 3.05) is 5.32 Å². The van der Waals surface area contributed by atoms with Gasteiger partial charge in [-0.05, 0) is 37.3 Å². The number of halogens is 1. The Balaban J connectivity index is 1.84. The van der Waals surface area contributed by atoms with Crippen molar-refractivity contribution in [1.29, 1.82) is 0 Å². The predicted octanol–water partition coefficient (Wildman–Crippen LogP) is 4.92. The molecule has 0 radical (unpaired) electrons. The number of nitrogens with one attached hydrogen (secondary N) is 2. The lowest BCUT2D eigenvalue weighted by Gasteiger charge is -2.18. The van der Waals surface area contributed by atoms with Gasteiger partial charge in [-0.2, -0.15) is 0 Å². The van der Waals surface area contributed by atoms with Gasteiger partial charge in [0, 0.05) is 33.8 Å². The molecule has 0 aliphatic heterocycles. The average Bonchev–Trinajstić information content (AvgIpc) is 2.68. The highest BCUT2D eigenvalue weighted by Gasteiger charge is 2.24. The van der Waals surface area contributed by atoms with Gasteiger partial charge >= 0.3 is 0 Å². The molecule has 0 saturated heterocycles. The number of hydrogen-bond acceptors (Lipinski definition) is 3. The molecule has 4 nitrogen and oxygen atoms in total. The molecule has 0 aliphatic rings. The number of H-pyrrole nitrogens is 1. The summed E-state index contributed by atoms with van der Waals surface area (Å²) in [5, 5.41) is 16.0. The zero-order valence-corrected chi connectivity index (χ0v) is 15.5. The monoisotopic (exact) mass is 376 g/mol. The lowest BCUT2D eigenvalue weighted by molar-refractivity contribution is -0.371. The molecule has 0 bridgehead atoms. The summed E-state index contributed by atoms with van der Waals surface area (Å²) in [6.07, 6.45) is 1.69. The number of rotatable bonds is 4. The van der Waals surface area contributed by atoms with Gasteiger partial charge in [-0.25, -0.2) is 4.98 Å². The highest BCUT2D eigenvalue weighted by atomic mass is 35.5. The van der Waals surface area contributed by atoms with Crippen LogP contribution in [-0.4, -0.2) is 10.1 Å². The number of nitrogens with zero attached hydrogens (tertiary/aromatic N) is 1. The van der Waals surface area contributed by atoms with Gasteiger partial charge in [0.15, 0.2) is 0 Å². The Morgan fingerprint density at radius 3 is 2.59 bits per heavy atom. The molecule has 1 atom stereocenters. The van der Waals surface area contributed by atoms with Crippen LogP contribution in [0.15, 0.2) is 72.9 Å². The lowest BCUT2D eigenvalue weighted by atomic mass is 9.96. The van der Waals surface area contributed by atoms with Gasteiger partial charge in [0.2, 0.25) is 0 Å². The number of phenols is 1. The van der Waals surface area contributed by atoms with E-state index in [-0.39, 0.29) is 11.8 Å². The third kappa shape index (κ3) is 3.57. The molecular weight excluding hydrogens is 358 g/mol. The Labute approximate surface area is 162 Å². The summed E-state index contributed by atoms with van der Waals surface area (Å²) in [5.74, 6) is 1.03. The summed E-state index contributed by atoms with van der Waals surface area (Å²) in [4.78, 5) is 7.66. The fourth-order valence-corrected chi connectivity index (χ4v) is 3.32. The number of aromatic amines is 1. The van der Waals surface area contributed by atoms with E-state index in [0.717, 1.165) is 28.0 Å². The van der Waals surface area contributed by atoms with Crippen LogP contribution in [0.4, 0.5) is 5.82 Å². The quantitative estimate of drug-likeness (QED) is 0.531. The highest BCUT2D eigenvalue weighted by Crippen LogP contribution is 2.36. The molecule has 2 aromatic carbocycles. The molecule has 2 heterocycles. The van der Waals surface area contributed by atoms with Gasteiger partial charge in [-0.15, -0.1) is 0 Å². The van der Waals surface area contributed by atoms with Crippen LogP contribution in [0, 0.1) is 6.92 Å². The Bertz CT molecular complexity index is 1100. The number of hydrogen-bond donors (Lipinski definition) is 2. The Morgan fingerprint density at radius 2 is 1.81 bits per heavy atom. The molecule has 4 rings (SSSR count).